The molecule has 0 saturated heterocycles. The number of halogens is 4. The van der Waals surface area contributed by atoms with Crippen LogP contribution < -0.4 is 4.74 Å². The maximum Gasteiger partial charge on any atom is 0.243 e. The van der Waals surface area contributed by atoms with E-state index in [1.54, 1.807) is 18.2 Å². The molecule has 8 heteroatoms. The van der Waals surface area contributed by atoms with Crippen LogP contribution in [0.5, 0.6) is 11.6 Å². The highest BCUT2D eigenvalue weighted by molar-refractivity contribution is 6.37. The molecular formula is C11H3Cl4N3O. The van der Waals surface area contributed by atoms with Crippen LogP contribution in [-0.4, -0.2) is 9.97 Å². The number of hydrogen-bond acceptors (Lipinski definition) is 4. The van der Waals surface area contributed by atoms with E-state index < -0.39 is 0 Å². The first-order chi connectivity index (χ1) is 9.02. The van der Waals surface area contributed by atoms with E-state index in [4.69, 9.17) is 56.4 Å². The van der Waals surface area contributed by atoms with Gasteiger partial charge in [0, 0.05) is 0 Å². The third kappa shape index (κ3) is 3.02. The molecule has 19 heavy (non-hydrogen) atoms. The average molecular weight is 335 g/mol. The Morgan fingerprint density at radius 1 is 1.05 bits per heavy atom. The second-order valence-corrected chi connectivity index (χ2v) is 4.74. The van der Waals surface area contributed by atoms with E-state index in [2.05, 4.69) is 9.97 Å². The van der Waals surface area contributed by atoms with Gasteiger partial charge in [-0.2, -0.15) is 10.2 Å². The van der Waals surface area contributed by atoms with Gasteiger partial charge in [0.2, 0.25) is 11.2 Å². The zero-order valence-electron chi connectivity index (χ0n) is 8.99. The summed E-state index contributed by atoms with van der Waals surface area (Å²) in [6.45, 7) is 0. The second kappa shape index (κ2) is 5.81. The van der Waals surface area contributed by atoms with Crippen LogP contribution in [0.4, 0.5) is 0 Å². The highest BCUT2D eigenvalue weighted by Crippen LogP contribution is 2.37. The molecule has 0 bridgehead atoms. The van der Waals surface area contributed by atoms with Gasteiger partial charge in [-0.3, -0.25) is 0 Å². The maximum absolute atomic E-state index is 9.00. The molecule has 4 nitrogen and oxygen atoms in total. The Morgan fingerprint density at radius 2 is 1.68 bits per heavy atom. The SMILES string of the molecule is N#Cc1c(Cl)nc(Cl)nc1Oc1c(Cl)cccc1Cl. The molecule has 0 radical (unpaired) electrons. The fraction of sp³-hybridized carbons (Fsp3) is 0. The molecule has 0 amide bonds. The lowest BCUT2D eigenvalue weighted by Gasteiger charge is -2.10. The van der Waals surface area contributed by atoms with Gasteiger partial charge in [0.25, 0.3) is 0 Å². The van der Waals surface area contributed by atoms with E-state index in [0.717, 1.165) is 0 Å². The van der Waals surface area contributed by atoms with Crippen molar-refractivity contribution in [2.24, 2.45) is 0 Å². The second-order valence-electron chi connectivity index (χ2n) is 3.23. The predicted octanol–water partition coefficient (Wildman–Crippen LogP) is 4.75. The van der Waals surface area contributed by atoms with Gasteiger partial charge < -0.3 is 4.74 Å². The third-order valence-corrected chi connectivity index (χ3v) is 3.07. The summed E-state index contributed by atoms with van der Waals surface area (Å²) in [4.78, 5) is 7.43. The van der Waals surface area contributed by atoms with E-state index in [1.165, 1.54) is 0 Å². The molecule has 2 aromatic rings. The molecule has 1 aromatic carbocycles. The van der Waals surface area contributed by atoms with E-state index in [1.807, 2.05) is 6.07 Å². The summed E-state index contributed by atoms with van der Waals surface area (Å²) in [5.41, 5.74) is -0.0537. The van der Waals surface area contributed by atoms with Crippen LogP contribution in [0.25, 0.3) is 0 Å². The van der Waals surface area contributed by atoms with Gasteiger partial charge in [-0.1, -0.05) is 40.9 Å². The van der Waals surface area contributed by atoms with E-state index in [0.29, 0.717) is 0 Å². The lowest BCUT2D eigenvalue weighted by atomic mass is 10.3. The largest absolute Gasteiger partial charge is 0.434 e. The Hall–Kier alpha value is -1.25. The highest BCUT2D eigenvalue weighted by atomic mass is 35.5. The summed E-state index contributed by atoms with van der Waals surface area (Å²) in [7, 11) is 0. The van der Waals surface area contributed by atoms with Gasteiger partial charge in [0.15, 0.2) is 16.5 Å². The molecule has 0 spiro atoms. The predicted molar refractivity (Wildman–Crippen MR) is 73.3 cm³/mol. The maximum atomic E-state index is 9.00. The molecule has 1 aromatic heterocycles. The number of rotatable bonds is 2. The molecule has 96 valence electrons. The van der Waals surface area contributed by atoms with Crippen LogP contribution in [0.15, 0.2) is 18.2 Å². The number of ether oxygens (including phenoxy) is 1. The van der Waals surface area contributed by atoms with Gasteiger partial charge in [0.05, 0.1) is 10.0 Å². The van der Waals surface area contributed by atoms with Crippen molar-refractivity contribution >= 4 is 46.4 Å². The number of benzene rings is 1. The number of nitriles is 1. The zero-order chi connectivity index (χ0) is 14.0. The topological polar surface area (TPSA) is 58.8 Å². The van der Waals surface area contributed by atoms with Crippen molar-refractivity contribution in [3.8, 4) is 17.7 Å². The molecule has 0 atom stereocenters. The first kappa shape index (κ1) is 14.2. The average Bonchev–Trinajstić information content (AvgIpc) is 2.33. The molecule has 0 N–H and O–H groups in total. The van der Waals surface area contributed by atoms with Crippen LogP contribution in [0.3, 0.4) is 0 Å². The smallest absolute Gasteiger partial charge is 0.243 e. The quantitative estimate of drug-likeness (QED) is 0.587. The van der Waals surface area contributed by atoms with Crippen molar-refractivity contribution in [1.29, 1.82) is 5.26 Å². The van der Waals surface area contributed by atoms with Crippen LogP contribution in [0.1, 0.15) is 5.56 Å². The van der Waals surface area contributed by atoms with Crippen molar-refractivity contribution in [3.05, 3.63) is 44.2 Å². The minimum absolute atomic E-state index is 0.0537. The highest BCUT2D eigenvalue weighted by Gasteiger charge is 2.17. The van der Waals surface area contributed by atoms with Gasteiger partial charge in [-0.25, -0.2) is 4.98 Å². The fourth-order valence-corrected chi connectivity index (χ4v) is 2.12. The molecule has 0 aliphatic carbocycles. The summed E-state index contributed by atoms with van der Waals surface area (Å²) in [6, 6.07) is 6.64. The zero-order valence-corrected chi connectivity index (χ0v) is 12.0. The summed E-state index contributed by atoms with van der Waals surface area (Å²) in [6.07, 6.45) is 0. The standard InChI is InChI=1S/C11H3Cl4N3O/c12-6-2-1-3-7(13)8(6)19-10-5(4-16)9(14)17-11(15)18-10/h1-3H. The van der Waals surface area contributed by atoms with Gasteiger partial charge in [-0.05, 0) is 23.7 Å². The lowest BCUT2D eigenvalue weighted by Crippen LogP contribution is -1.97. The number of nitrogens with zero attached hydrogens (tertiary/aromatic N) is 3. The summed E-state index contributed by atoms with van der Waals surface area (Å²) >= 11 is 23.3. The minimum atomic E-state index is -0.151. The summed E-state index contributed by atoms with van der Waals surface area (Å²) in [5.74, 6) is 0.0515. The number of hydrogen-bond donors (Lipinski definition) is 0. The normalized spacial score (nSPS) is 10.1. The number of para-hydroxylation sites is 1. The molecule has 0 fully saturated rings. The molecule has 0 saturated carbocycles. The van der Waals surface area contributed by atoms with Crippen LogP contribution in [-0.2, 0) is 0 Å². The van der Waals surface area contributed by atoms with E-state index in [9.17, 15) is 0 Å². The lowest BCUT2D eigenvalue weighted by molar-refractivity contribution is 0.460. The van der Waals surface area contributed by atoms with E-state index >= 15 is 0 Å². The number of aromatic nitrogens is 2. The molecule has 0 aliphatic rings. The Kier molecular flexibility index (Phi) is 4.33. The van der Waals surface area contributed by atoms with Crippen molar-refractivity contribution < 1.29 is 4.74 Å². The molecule has 0 unspecified atom stereocenters. The minimum Gasteiger partial charge on any atom is -0.434 e. The third-order valence-electron chi connectivity index (χ3n) is 2.03. The van der Waals surface area contributed by atoms with Crippen LogP contribution in [0, 0.1) is 11.3 Å². The van der Waals surface area contributed by atoms with Crippen molar-refractivity contribution in [3.63, 3.8) is 0 Å². The van der Waals surface area contributed by atoms with E-state index in [-0.39, 0.29) is 37.7 Å². The Morgan fingerprint density at radius 3 is 2.26 bits per heavy atom. The first-order valence-electron chi connectivity index (χ1n) is 4.78. The van der Waals surface area contributed by atoms with Gasteiger partial charge >= 0.3 is 0 Å². The molecule has 0 aliphatic heterocycles. The van der Waals surface area contributed by atoms with Crippen molar-refractivity contribution in [2.45, 2.75) is 0 Å². The Balaban J connectivity index is 2.53. The van der Waals surface area contributed by atoms with Gasteiger partial charge in [0.1, 0.15) is 6.07 Å². The first-order valence-corrected chi connectivity index (χ1v) is 6.29. The van der Waals surface area contributed by atoms with Crippen LogP contribution in [0.2, 0.25) is 20.5 Å². The fourth-order valence-electron chi connectivity index (χ4n) is 1.23. The van der Waals surface area contributed by atoms with Gasteiger partial charge in [-0.15, -0.1) is 0 Å². The Bertz CT molecular complexity index is 664. The Labute approximate surface area is 128 Å². The summed E-state index contributed by atoms with van der Waals surface area (Å²) in [5, 5.41) is 9.27. The van der Waals surface area contributed by atoms with Crippen molar-refractivity contribution in [1.82, 2.24) is 9.97 Å². The van der Waals surface area contributed by atoms with Crippen LogP contribution >= 0.6 is 46.4 Å². The van der Waals surface area contributed by atoms with Crippen molar-refractivity contribution in [2.75, 3.05) is 0 Å². The monoisotopic (exact) mass is 333 g/mol. The summed E-state index contributed by atoms with van der Waals surface area (Å²) < 4.78 is 5.42. The molecule has 1 heterocycles. The molecule has 2 rings (SSSR count). The molecular weight excluding hydrogens is 332 g/mol.